The van der Waals surface area contributed by atoms with Gasteiger partial charge in [-0.2, -0.15) is 0 Å². The first-order valence-electron chi connectivity index (χ1n) is 5.27. The summed E-state index contributed by atoms with van der Waals surface area (Å²) in [6.07, 6.45) is -0.335. The van der Waals surface area contributed by atoms with Gasteiger partial charge in [0.15, 0.2) is 0 Å². The van der Waals surface area contributed by atoms with Crippen molar-refractivity contribution in [3.63, 3.8) is 0 Å². The Hall–Kier alpha value is -2.64. The van der Waals surface area contributed by atoms with Gasteiger partial charge in [0.05, 0.1) is 11.5 Å². The largest absolute Gasteiger partial charge is 0.513 e. The third-order valence-corrected chi connectivity index (χ3v) is 2.09. The van der Waals surface area contributed by atoms with E-state index < -0.39 is 11.1 Å². The molecule has 0 fully saturated rings. The highest BCUT2D eigenvalue weighted by atomic mass is 16.7. The molecule has 0 saturated heterocycles. The first-order valence-corrected chi connectivity index (χ1v) is 5.27. The summed E-state index contributed by atoms with van der Waals surface area (Å²) in [7, 11) is 1.54. The lowest BCUT2D eigenvalue weighted by molar-refractivity contribution is -0.384. The molecule has 0 aliphatic rings. The van der Waals surface area contributed by atoms with Gasteiger partial charge < -0.3 is 14.4 Å². The Labute approximate surface area is 108 Å². The second-order valence-electron chi connectivity index (χ2n) is 3.54. The zero-order valence-corrected chi connectivity index (χ0v) is 10.1. The molecule has 0 heterocycles. The summed E-state index contributed by atoms with van der Waals surface area (Å²) >= 11 is 0. The molecule has 0 spiro atoms. The predicted molar refractivity (Wildman–Crippen MR) is 63.8 cm³/mol. The summed E-state index contributed by atoms with van der Waals surface area (Å²) in [4.78, 5) is 32.6. The Balaban J connectivity index is 2.40. The van der Waals surface area contributed by atoms with Crippen molar-refractivity contribution in [2.24, 2.45) is 0 Å². The minimum Gasteiger partial charge on any atom is -0.432 e. The molecule has 8 nitrogen and oxygen atoms in total. The van der Waals surface area contributed by atoms with Gasteiger partial charge in [-0.3, -0.25) is 14.9 Å². The Morgan fingerprint density at radius 2 is 2.05 bits per heavy atom. The van der Waals surface area contributed by atoms with Crippen LogP contribution in [0.1, 0.15) is 0 Å². The molecule has 8 heteroatoms. The molecular formula is C11H12N2O6. The van der Waals surface area contributed by atoms with Crippen molar-refractivity contribution >= 4 is 18.3 Å². The van der Waals surface area contributed by atoms with Crippen LogP contribution < -0.4 is 4.74 Å². The van der Waals surface area contributed by atoms with E-state index in [0.717, 1.165) is 0 Å². The molecule has 1 amide bonds. The highest BCUT2D eigenvalue weighted by Gasteiger charge is 2.09. The molecule has 102 valence electrons. The topological polar surface area (TPSA) is 99.0 Å². The molecule has 0 aliphatic carbocycles. The summed E-state index contributed by atoms with van der Waals surface area (Å²) in [5, 5.41) is 10.4. The Kier molecular flexibility index (Phi) is 5.27. The van der Waals surface area contributed by atoms with E-state index in [2.05, 4.69) is 0 Å². The van der Waals surface area contributed by atoms with Crippen LogP contribution in [0.25, 0.3) is 0 Å². The maximum absolute atomic E-state index is 11.2. The van der Waals surface area contributed by atoms with E-state index in [9.17, 15) is 19.7 Å². The summed E-state index contributed by atoms with van der Waals surface area (Å²) < 4.78 is 9.47. The van der Waals surface area contributed by atoms with Crippen molar-refractivity contribution in [3.05, 3.63) is 34.4 Å². The van der Waals surface area contributed by atoms with Crippen LogP contribution in [0, 0.1) is 10.1 Å². The fraction of sp³-hybridized carbons (Fsp3) is 0.273. The quantitative estimate of drug-likeness (QED) is 0.253. The minimum atomic E-state index is -0.937. The molecule has 0 aromatic heterocycles. The number of hydrogen-bond acceptors (Lipinski definition) is 6. The monoisotopic (exact) mass is 268 g/mol. The van der Waals surface area contributed by atoms with Crippen molar-refractivity contribution in [2.75, 3.05) is 20.2 Å². The number of non-ortho nitro benzene ring substituents is 1. The van der Waals surface area contributed by atoms with Crippen molar-refractivity contribution in [2.45, 2.75) is 0 Å². The number of hydrogen-bond donors (Lipinski definition) is 0. The average Bonchev–Trinajstić information content (AvgIpc) is 2.39. The van der Waals surface area contributed by atoms with Crippen LogP contribution in [-0.2, 0) is 9.53 Å². The molecule has 1 aromatic carbocycles. The van der Waals surface area contributed by atoms with Gasteiger partial charge >= 0.3 is 6.16 Å². The second kappa shape index (κ2) is 6.94. The average molecular weight is 268 g/mol. The van der Waals surface area contributed by atoms with Crippen LogP contribution in [0.5, 0.6) is 5.75 Å². The van der Waals surface area contributed by atoms with Crippen LogP contribution in [0.15, 0.2) is 24.3 Å². The van der Waals surface area contributed by atoms with Gasteiger partial charge in [-0.05, 0) is 12.1 Å². The van der Waals surface area contributed by atoms with E-state index in [1.807, 2.05) is 0 Å². The zero-order valence-electron chi connectivity index (χ0n) is 10.1. The van der Waals surface area contributed by atoms with Crippen LogP contribution in [0.4, 0.5) is 10.5 Å². The smallest absolute Gasteiger partial charge is 0.432 e. The Bertz CT molecular complexity index is 459. The van der Waals surface area contributed by atoms with Crippen LogP contribution in [-0.4, -0.2) is 42.6 Å². The SMILES string of the molecule is CN(C=O)CCOC(=O)Oc1ccc([N+](=O)[O-])cc1. The molecule has 0 N–H and O–H groups in total. The molecule has 0 atom stereocenters. The summed E-state index contributed by atoms with van der Waals surface area (Å²) in [6, 6.07) is 5.00. The molecule has 1 rings (SSSR count). The number of likely N-dealkylation sites (N-methyl/N-ethyl adjacent to an activating group) is 1. The molecule has 0 aliphatic heterocycles. The maximum Gasteiger partial charge on any atom is 0.513 e. The van der Waals surface area contributed by atoms with Crippen LogP contribution >= 0.6 is 0 Å². The number of carbonyl (C=O) groups is 2. The summed E-state index contributed by atoms with van der Waals surface area (Å²) in [5.41, 5.74) is -0.103. The summed E-state index contributed by atoms with van der Waals surface area (Å²) in [5.74, 6) is 0.138. The zero-order chi connectivity index (χ0) is 14.3. The van der Waals surface area contributed by atoms with E-state index in [0.29, 0.717) is 6.41 Å². The number of benzene rings is 1. The minimum absolute atomic E-state index is 0.00105. The van der Waals surface area contributed by atoms with Gasteiger partial charge in [0, 0.05) is 19.2 Å². The molecule has 0 radical (unpaired) electrons. The van der Waals surface area contributed by atoms with Crippen molar-refractivity contribution < 1.29 is 24.0 Å². The van der Waals surface area contributed by atoms with Gasteiger partial charge in [0.2, 0.25) is 6.41 Å². The Morgan fingerprint density at radius 1 is 1.42 bits per heavy atom. The number of ether oxygens (including phenoxy) is 2. The summed E-state index contributed by atoms with van der Waals surface area (Å²) in [6.45, 7) is 0.250. The van der Waals surface area contributed by atoms with Crippen molar-refractivity contribution in [3.8, 4) is 5.75 Å². The highest BCUT2D eigenvalue weighted by molar-refractivity contribution is 5.64. The normalized spacial score (nSPS) is 9.53. The maximum atomic E-state index is 11.2. The molecule has 0 saturated carbocycles. The number of amides is 1. The number of nitro benzene ring substituents is 1. The molecule has 1 aromatic rings. The first kappa shape index (κ1) is 14.4. The number of rotatable bonds is 6. The van der Waals surface area contributed by atoms with Crippen LogP contribution in [0.3, 0.4) is 0 Å². The standard InChI is InChI=1S/C11H12N2O6/c1-12(8-14)6-7-18-11(15)19-10-4-2-9(3-5-10)13(16)17/h2-5,8H,6-7H2,1H3. The highest BCUT2D eigenvalue weighted by Crippen LogP contribution is 2.17. The fourth-order valence-electron chi connectivity index (χ4n) is 1.09. The molecule has 19 heavy (non-hydrogen) atoms. The number of carbonyl (C=O) groups excluding carboxylic acids is 2. The second-order valence-corrected chi connectivity index (χ2v) is 3.54. The number of nitrogens with zero attached hydrogens (tertiary/aromatic N) is 2. The van der Waals surface area contributed by atoms with E-state index in [-0.39, 0.29) is 24.6 Å². The number of nitro groups is 1. The van der Waals surface area contributed by atoms with Crippen molar-refractivity contribution in [1.29, 1.82) is 0 Å². The van der Waals surface area contributed by atoms with E-state index >= 15 is 0 Å². The molecular weight excluding hydrogens is 256 g/mol. The fourth-order valence-corrected chi connectivity index (χ4v) is 1.09. The van der Waals surface area contributed by atoms with Gasteiger partial charge in [0.25, 0.3) is 5.69 Å². The van der Waals surface area contributed by atoms with E-state index in [4.69, 9.17) is 9.47 Å². The molecule has 0 bridgehead atoms. The van der Waals surface area contributed by atoms with Gasteiger partial charge in [0.1, 0.15) is 12.4 Å². The van der Waals surface area contributed by atoms with E-state index in [1.165, 1.54) is 36.2 Å². The molecule has 0 unspecified atom stereocenters. The lowest BCUT2D eigenvalue weighted by atomic mass is 10.3. The third-order valence-electron chi connectivity index (χ3n) is 2.09. The lowest BCUT2D eigenvalue weighted by Gasteiger charge is -2.10. The lowest BCUT2D eigenvalue weighted by Crippen LogP contribution is -2.23. The Morgan fingerprint density at radius 3 is 2.58 bits per heavy atom. The third kappa shape index (κ3) is 5.02. The van der Waals surface area contributed by atoms with Gasteiger partial charge in [-0.1, -0.05) is 0 Å². The van der Waals surface area contributed by atoms with Crippen LogP contribution in [0.2, 0.25) is 0 Å². The van der Waals surface area contributed by atoms with E-state index in [1.54, 1.807) is 0 Å². The van der Waals surface area contributed by atoms with Gasteiger partial charge in [-0.25, -0.2) is 4.79 Å². The first-order chi connectivity index (χ1) is 9.02. The predicted octanol–water partition coefficient (Wildman–Crippen LogP) is 1.20. The van der Waals surface area contributed by atoms with Gasteiger partial charge in [-0.15, -0.1) is 0 Å². The van der Waals surface area contributed by atoms with Crippen molar-refractivity contribution in [1.82, 2.24) is 4.90 Å².